The minimum absolute atomic E-state index is 0.258. The zero-order valence-corrected chi connectivity index (χ0v) is 22.4. The van der Waals surface area contributed by atoms with Crippen molar-refractivity contribution >= 4 is 29.2 Å². The Morgan fingerprint density at radius 1 is 1.21 bits per heavy atom. The van der Waals surface area contributed by atoms with Crippen LogP contribution in [0.15, 0.2) is 23.1 Å². The molecule has 0 bridgehead atoms. The molecule has 2 heterocycles. The fourth-order valence-electron chi connectivity index (χ4n) is 4.45. The summed E-state index contributed by atoms with van der Waals surface area (Å²) in [5, 5.41) is 24.7. The molecule has 0 saturated heterocycles. The second-order valence-electron chi connectivity index (χ2n) is 10.8. The number of thiazole rings is 1. The summed E-state index contributed by atoms with van der Waals surface area (Å²) in [6.45, 7) is 12.8. The van der Waals surface area contributed by atoms with Gasteiger partial charge in [-0.2, -0.15) is 0 Å². The number of Topliss-reactive ketones (excluding diaryl/α,β-unsaturated/α-hetero) is 1. The molecule has 190 valence electrons. The first-order valence-corrected chi connectivity index (χ1v) is 13.0. The molecule has 0 spiro atoms. The Kier molecular flexibility index (Phi) is 9.80. The van der Waals surface area contributed by atoms with Gasteiger partial charge < -0.3 is 14.9 Å². The van der Waals surface area contributed by atoms with E-state index in [2.05, 4.69) is 11.1 Å². The number of ether oxygens (including phenoxy) is 1. The first kappa shape index (κ1) is 28.4. The maximum absolute atomic E-state index is 13.3. The third-order valence-corrected chi connectivity index (χ3v) is 7.81. The predicted octanol–water partition coefficient (Wildman–Crippen LogP) is 5.27. The third-order valence-electron chi connectivity index (χ3n) is 7.02. The first-order valence-electron chi connectivity index (χ1n) is 12.1. The summed E-state index contributed by atoms with van der Waals surface area (Å²) in [5.41, 5.74) is 0.0409. The number of hydrogen-bond donors (Lipinski definition) is 2. The molecule has 1 aromatic rings. The number of carbonyl (C=O) groups is 2. The average molecular weight is 492 g/mol. The molecule has 0 amide bonds. The second-order valence-corrected chi connectivity index (χ2v) is 11.8. The van der Waals surface area contributed by atoms with Gasteiger partial charge in [0.25, 0.3) is 0 Å². The number of carbonyl (C=O) groups excluding carboxylic acids is 2. The standard InChI is InChI=1S/C27H41NO5S/c1-17(14-20-16-34-19(3)28-20)21-12-10-8-9-11-13-26(4,5)24(31)18(2)25(32)27(6,7)22(29)15-23(30)33-21/h8,10,14,16,18,21-22,24,29,31H,9,11-13,15H2,1-7H3/b10-8-,17-14+/t18-,21-,22-,24+/m1/s1. The van der Waals surface area contributed by atoms with Gasteiger partial charge in [-0.05, 0) is 50.2 Å². The minimum Gasteiger partial charge on any atom is -0.457 e. The van der Waals surface area contributed by atoms with E-state index in [9.17, 15) is 19.8 Å². The van der Waals surface area contributed by atoms with Crippen LogP contribution in [0.5, 0.6) is 0 Å². The monoisotopic (exact) mass is 491 g/mol. The molecule has 2 rings (SSSR count). The van der Waals surface area contributed by atoms with Crippen molar-refractivity contribution in [3.8, 4) is 0 Å². The van der Waals surface area contributed by atoms with E-state index in [4.69, 9.17) is 4.74 Å². The SMILES string of the molecule is C/C(=C\c1csc(C)n1)[C@H]1C/C=C\CCCC(C)(C)[C@@H](O)[C@@H](C)C(=O)C(C)(C)[C@H](O)CC(=O)O1. The predicted molar refractivity (Wildman–Crippen MR) is 136 cm³/mol. The molecule has 0 aliphatic carbocycles. The van der Waals surface area contributed by atoms with Crippen LogP contribution in [0.2, 0.25) is 0 Å². The van der Waals surface area contributed by atoms with Crippen LogP contribution in [0.25, 0.3) is 6.08 Å². The van der Waals surface area contributed by atoms with Crippen molar-refractivity contribution in [2.75, 3.05) is 0 Å². The number of aryl methyl sites for hydroxylation is 1. The number of hydrogen-bond acceptors (Lipinski definition) is 7. The highest BCUT2D eigenvalue weighted by Crippen LogP contribution is 2.37. The molecule has 34 heavy (non-hydrogen) atoms. The number of cyclic esters (lactones) is 1. The van der Waals surface area contributed by atoms with Gasteiger partial charge in [0.15, 0.2) is 0 Å². The number of esters is 1. The molecule has 2 N–H and O–H groups in total. The van der Waals surface area contributed by atoms with Gasteiger partial charge in [-0.1, -0.05) is 46.8 Å². The third kappa shape index (κ3) is 7.33. The maximum atomic E-state index is 13.3. The normalized spacial score (nSPS) is 30.6. The van der Waals surface area contributed by atoms with E-state index in [1.807, 2.05) is 45.2 Å². The van der Waals surface area contributed by atoms with Crippen LogP contribution in [-0.4, -0.2) is 45.3 Å². The molecular formula is C27H41NO5S. The Bertz CT molecular complexity index is 914. The average Bonchev–Trinajstić information content (AvgIpc) is 3.17. The smallest absolute Gasteiger partial charge is 0.309 e. The highest BCUT2D eigenvalue weighted by molar-refractivity contribution is 7.09. The van der Waals surface area contributed by atoms with Gasteiger partial charge in [-0.15, -0.1) is 11.3 Å². The van der Waals surface area contributed by atoms with Crippen molar-refractivity contribution in [2.24, 2.45) is 16.7 Å². The number of nitrogens with zero attached hydrogens (tertiary/aromatic N) is 1. The molecule has 0 saturated carbocycles. The molecule has 0 fully saturated rings. The molecule has 0 aromatic carbocycles. The molecule has 1 aliphatic rings. The Balaban J connectivity index is 2.31. The zero-order valence-electron chi connectivity index (χ0n) is 21.6. The summed E-state index contributed by atoms with van der Waals surface area (Å²) >= 11 is 1.56. The number of rotatable bonds is 2. The number of aliphatic hydroxyl groups excluding tert-OH is 2. The summed E-state index contributed by atoms with van der Waals surface area (Å²) in [5.74, 6) is -1.49. The van der Waals surface area contributed by atoms with Gasteiger partial charge in [0.2, 0.25) is 0 Å². The summed E-state index contributed by atoms with van der Waals surface area (Å²) in [7, 11) is 0. The van der Waals surface area contributed by atoms with Crippen LogP contribution in [0.3, 0.4) is 0 Å². The largest absolute Gasteiger partial charge is 0.457 e. The molecule has 6 nitrogen and oxygen atoms in total. The molecule has 0 radical (unpaired) electrons. The van der Waals surface area contributed by atoms with Crippen LogP contribution in [0.4, 0.5) is 0 Å². The van der Waals surface area contributed by atoms with E-state index in [-0.39, 0.29) is 12.2 Å². The number of aliphatic hydroxyl groups is 2. The van der Waals surface area contributed by atoms with Crippen LogP contribution in [0.1, 0.15) is 84.3 Å². The van der Waals surface area contributed by atoms with E-state index in [0.717, 1.165) is 35.5 Å². The maximum Gasteiger partial charge on any atom is 0.309 e. The van der Waals surface area contributed by atoms with Gasteiger partial charge in [-0.3, -0.25) is 9.59 Å². The van der Waals surface area contributed by atoms with Crippen LogP contribution in [-0.2, 0) is 14.3 Å². The van der Waals surface area contributed by atoms with Crippen molar-refractivity contribution in [3.63, 3.8) is 0 Å². The lowest BCUT2D eigenvalue weighted by molar-refractivity contribution is -0.154. The van der Waals surface area contributed by atoms with Crippen molar-refractivity contribution in [1.29, 1.82) is 0 Å². The summed E-state index contributed by atoms with van der Waals surface area (Å²) in [6.07, 6.45) is 6.13. The van der Waals surface area contributed by atoms with Gasteiger partial charge in [0.1, 0.15) is 11.9 Å². The van der Waals surface area contributed by atoms with E-state index in [1.165, 1.54) is 0 Å². The Morgan fingerprint density at radius 3 is 2.50 bits per heavy atom. The van der Waals surface area contributed by atoms with E-state index in [1.54, 1.807) is 32.1 Å². The first-order chi connectivity index (χ1) is 15.8. The number of allylic oxidation sites excluding steroid dienone is 1. The quantitative estimate of drug-likeness (QED) is 0.432. The van der Waals surface area contributed by atoms with Crippen LogP contribution >= 0.6 is 11.3 Å². The van der Waals surface area contributed by atoms with Crippen molar-refractivity contribution < 1.29 is 24.5 Å². The van der Waals surface area contributed by atoms with Crippen LogP contribution in [0, 0.1) is 23.7 Å². The topological polar surface area (TPSA) is 96.7 Å². The second kappa shape index (κ2) is 11.7. The Hall–Kier alpha value is -1.83. The Labute approximate surface area is 208 Å². The highest BCUT2D eigenvalue weighted by atomic mass is 32.1. The Morgan fingerprint density at radius 2 is 1.88 bits per heavy atom. The van der Waals surface area contributed by atoms with E-state index >= 15 is 0 Å². The molecule has 1 aromatic heterocycles. The molecule has 1 aliphatic heterocycles. The fourth-order valence-corrected chi connectivity index (χ4v) is 5.02. The number of ketones is 1. The lowest BCUT2D eigenvalue weighted by Crippen LogP contribution is -2.47. The fraction of sp³-hybridized carbons (Fsp3) is 0.667. The summed E-state index contributed by atoms with van der Waals surface area (Å²) in [6, 6.07) is 0. The minimum atomic E-state index is -1.22. The van der Waals surface area contributed by atoms with Gasteiger partial charge in [-0.25, -0.2) is 4.98 Å². The summed E-state index contributed by atoms with van der Waals surface area (Å²) in [4.78, 5) is 30.5. The molecule has 0 unspecified atom stereocenters. The van der Waals surface area contributed by atoms with Gasteiger partial charge >= 0.3 is 5.97 Å². The van der Waals surface area contributed by atoms with Crippen molar-refractivity contribution in [2.45, 2.75) is 98.9 Å². The van der Waals surface area contributed by atoms with Gasteiger partial charge in [0, 0.05) is 17.7 Å². The molecule has 4 atom stereocenters. The lowest BCUT2D eigenvalue weighted by Gasteiger charge is -2.38. The zero-order chi connectivity index (χ0) is 25.7. The van der Waals surface area contributed by atoms with Crippen molar-refractivity contribution in [1.82, 2.24) is 4.98 Å². The molecular weight excluding hydrogens is 450 g/mol. The van der Waals surface area contributed by atoms with Gasteiger partial charge in [0.05, 0.1) is 34.7 Å². The van der Waals surface area contributed by atoms with Crippen LogP contribution < -0.4 is 0 Å². The molecule has 7 heteroatoms. The number of aromatic nitrogens is 1. The summed E-state index contributed by atoms with van der Waals surface area (Å²) < 4.78 is 5.77. The van der Waals surface area contributed by atoms with E-state index < -0.39 is 41.0 Å². The lowest BCUT2D eigenvalue weighted by atomic mass is 9.69. The highest BCUT2D eigenvalue weighted by Gasteiger charge is 2.44. The van der Waals surface area contributed by atoms with E-state index in [0.29, 0.717) is 6.42 Å². The van der Waals surface area contributed by atoms with Crippen molar-refractivity contribution in [3.05, 3.63) is 33.8 Å².